The first kappa shape index (κ1) is 35.2. The van der Waals surface area contributed by atoms with Gasteiger partial charge in [0.1, 0.15) is 12.7 Å². The number of hydrogen-bond donors (Lipinski definition) is 0. The summed E-state index contributed by atoms with van der Waals surface area (Å²) in [6.45, 7) is -0.557. The third-order valence-electron chi connectivity index (χ3n) is 7.97. The van der Waals surface area contributed by atoms with Crippen LogP contribution in [0.15, 0.2) is 152 Å². The van der Waals surface area contributed by atoms with Crippen LogP contribution in [0.4, 0.5) is 0 Å². The van der Waals surface area contributed by atoms with Gasteiger partial charge in [-0.05, 0) is 60.7 Å². The van der Waals surface area contributed by atoms with Crippen LogP contribution in [0.25, 0.3) is 0 Å². The SMILES string of the molecule is O=C(OCC1O[C@@H](OC(=O)c2ccccc2)C(OC(=O)c2ccccc2)C(OC(=O)c2ccccc2)[C@@H]1OC(=O)c1ccccc1)c1ccccc1. The van der Waals surface area contributed by atoms with Gasteiger partial charge in [0, 0.05) is 0 Å². The first-order valence-electron chi connectivity index (χ1n) is 16.3. The van der Waals surface area contributed by atoms with Crippen molar-refractivity contribution in [3.05, 3.63) is 179 Å². The number of carbonyl (C=O) groups is 5. The van der Waals surface area contributed by atoms with E-state index in [1.165, 1.54) is 48.5 Å². The smallest absolute Gasteiger partial charge is 0.340 e. The summed E-state index contributed by atoms with van der Waals surface area (Å²) in [6.07, 6.45) is -8.07. The van der Waals surface area contributed by atoms with Crippen molar-refractivity contribution in [2.45, 2.75) is 30.7 Å². The number of rotatable bonds is 11. The average Bonchev–Trinajstić information content (AvgIpc) is 3.20. The fourth-order valence-corrected chi connectivity index (χ4v) is 5.37. The fraction of sp³-hybridized carbons (Fsp3) is 0.146. The lowest BCUT2D eigenvalue weighted by Crippen LogP contribution is -2.63. The molecule has 0 N–H and O–H groups in total. The maximum atomic E-state index is 13.7. The van der Waals surface area contributed by atoms with E-state index in [0.29, 0.717) is 0 Å². The normalized spacial score (nSPS) is 19.3. The van der Waals surface area contributed by atoms with E-state index in [2.05, 4.69) is 0 Å². The number of ether oxygens (including phenoxy) is 6. The molecular formula is C41H32O11. The maximum absolute atomic E-state index is 13.7. The summed E-state index contributed by atoms with van der Waals surface area (Å²) >= 11 is 0. The molecule has 0 aliphatic carbocycles. The van der Waals surface area contributed by atoms with Gasteiger partial charge in [-0.15, -0.1) is 0 Å². The molecule has 5 aromatic carbocycles. The lowest BCUT2D eigenvalue weighted by molar-refractivity contribution is -0.282. The van der Waals surface area contributed by atoms with E-state index in [0.717, 1.165) is 0 Å². The van der Waals surface area contributed by atoms with Crippen molar-refractivity contribution in [1.82, 2.24) is 0 Å². The molecule has 5 atom stereocenters. The second-order valence-corrected chi connectivity index (χ2v) is 11.5. The van der Waals surface area contributed by atoms with Gasteiger partial charge in [0.05, 0.1) is 27.8 Å². The molecule has 0 saturated carbocycles. The average molecular weight is 701 g/mol. The Morgan fingerprint density at radius 1 is 0.385 bits per heavy atom. The summed E-state index contributed by atoms with van der Waals surface area (Å²) in [7, 11) is 0. The third kappa shape index (κ3) is 8.76. The molecule has 11 nitrogen and oxygen atoms in total. The molecule has 11 heteroatoms. The Bertz CT molecular complexity index is 1970. The van der Waals surface area contributed by atoms with E-state index in [9.17, 15) is 24.0 Å². The lowest BCUT2D eigenvalue weighted by Gasteiger charge is -2.43. The maximum Gasteiger partial charge on any atom is 0.340 e. The standard InChI is InChI=1S/C41H32O11/c42-36(27-16-6-1-7-17-27)47-26-32-33(49-37(43)28-18-8-2-9-19-28)34(50-38(44)29-20-10-3-11-21-29)35(51-39(45)30-22-12-4-13-23-30)41(48-32)52-40(46)31-24-14-5-15-25-31/h1-25,32-35,41H,26H2/t32?,33-,34?,35?,41+/m1/s1. The van der Waals surface area contributed by atoms with Crippen molar-refractivity contribution in [3.8, 4) is 0 Å². The predicted molar refractivity (Wildman–Crippen MR) is 184 cm³/mol. The van der Waals surface area contributed by atoms with Crippen molar-refractivity contribution in [1.29, 1.82) is 0 Å². The van der Waals surface area contributed by atoms with E-state index >= 15 is 0 Å². The Morgan fingerprint density at radius 3 is 1.08 bits per heavy atom. The Hall–Kier alpha value is -6.59. The molecule has 0 spiro atoms. The Balaban J connectivity index is 1.41. The van der Waals surface area contributed by atoms with Gasteiger partial charge >= 0.3 is 29.8 Å². The second kappa shape index (κ2) is 16.9. The van der Waals surface area contributed by atoms with Crippen LogP contribution in [0.5, 0.6) is 0 Å². The molecule has 0 radical (unpaired) electrons. The van der Waals surface area contributed by atoms with E-state index in [1.807, 2.05) is 0 Å². The van der Waals surface area contributed by atoms with E-state index in [1.54, 1.807) is 103 Å². The van der Waals surface area contributed by atoms with Crippen LogP contribution < -0.4 is 0 Å². The van der Waals surface area contributed by atoms with Gasteiger partial charge in [-0.3, -0.25) is 0 Å². The zero-order valence-corrected chi connectivity index (χ0v) is 27.5. The van der Waals surface area contributed by atoms with Crippen molar-refractivity contribution in [2.75, 3.05) is 6.61 Å². The van der Waals surface area contributed by atoms with E-state index < -0.39 is 67.2 Å². The molecule has 5 aromatic rings. The quantitative estimate of drug-likeness (QED) is 0.117. The Labute approximate surface area is 298 Å². The van der Waals surface area contributed by atoms with Crippen LogP contribution in [0.3, 0.4) is 0 Å². The van der Waals surface area contributed by atoms with Gasteiger partial charge in [0.25, 0.3) is 0 Å². The Kier molecular flexibility index (Phi) is 11.4. The van der Waals surface area contributed by atoms with Crippen LogP contribution >= 0.6 is 0 Å². The topological polar surface area (TPSA) is 141 Å². The molecule has 0 amide bonds. The molecule has 6 rings (SSSR count). The minimum absolute atomic E-state index is 0.125. The van der Waals surface area contributed by atoms with Crippen LogP contribution in [-0.4, -0.2) is 67.2 Å². The number of benzene rings is 5. The van der Waals surface area contributed by atoms with Crippen LogP contribution in [0, 0.1) is 0 Å². The third-order valence-corrected chi connectivity index (χ3v) is 7.97. The first-order chi connectivity index (χ1) is 25.4. The van der Waals surface area contributed by atoms with Crippen molar-refractivity contribution in [2.24, 2.45) is 0 Å². The minimum atomic E-state index is -1.75. The number of carbonyl (C=O) groups excluding carboxylic acids is 5. The molecule has 3 unspecified atom stereocenters. The molecular weight excluding hydrogens is 668 g/mol. The summed E-state index contributed by atoms with van der Waals surface area (Å²) in [5, 5.41) is 0. The zero-order valence-electron chi connectivity index (χ0n) is 27.5. The summed E-state index contributed by atoms with van der Waals surface area (Å²) in [5.74, 6) is -4.19. The van der Waals surface area contributed by atoms with E-state index in [4.69, 9.17) is 28.4 Å². The van der Waals surface area contributed by atoms with Crippen LogP contribution in [-0.2, 0) is 28.4 Å². The molecule has 0 bridgehead atoms. The van der Waals surface area contributed by atoms with Crippen molar-refractivity contribution < 1.29 is 52.4 Å². The minimum Gasteiger partial charge on any atom is -0.459 e. The highest BCUT2D eigenvalue weighted by Gasteiger charge is 2.54. The number of hydrogen-bond acceptors (Lipinski definition) is 11. The lowest BCUT2D eigenvalue weighted by atomic mass is 9.97. The van der Waals surface area contributed by atoms with Gasteiger partial charge in [0.15, 0.2) is 12.2 Å². The van der Waals surface area contributed by atoms with Crippen molar-refractivity contribution >= 4 is 29.8 Å². The van der Waals surface area contributed by atoms with Crippen molar-refractivity contribution in [3.63, 3.8) is 0 Å². The van der Waals surface area contributed by atoms with Gasteiger partial charge in [-0.2, -0.15) is 0 Å². The van der Waals surface area contributed by atoms with Crippen LogP contribution in [0.1, 0.15) is 51.8 Å². The highest BCUT2D eigenvalue weighted by Crippen LogP contribution is 2.32. The summed E-state index contributed by atoms with van der Waals surface area (Å²) in [5.41, 5.74) is 0.762. The zero-order chi connectivity index (χ0) is 36.3. The monoisotopic (exact) mass is 700 g/mol. The fourth-order valence-electron chi connectivity index (χ4n) is 5.37. The molecule has 1 heterocycles. The van der Waals surface area contributed by atoms with Gasteiger partial charge in [-0.25, -0.2) is 24.0 Å². The summed E-state index contributed by atoms with van der Waals surface area (Å²) in [6, 6.07) is 40.0. The first-order valence-corrected chi connectivity index (χ1v) is 16.3. The molecule has 1 aliphatic heterocycles. The molecule has 52 heavy (non-hydrogen) atoms. The molecule has 1 fully saturated rings. The van der Waals surface area contributed by atoms with E-state index in [-0.39, 0.29) is 27.8 Å². The molecule has 1 saturated heterocycles. The molecule has 0 aromatic heterocycles. The number of esters is 5. The Morgan fingerprint density at radius 2 is 0.692 bits per heavy atom. The van der Waals surface area contributed by atoms with Gasteiger partial charge < -0.3 is 28.4 Å². The summed E-state index contributed by atoms with van der Waals surface area (Å²) in [4.78, 5) is 67.4. The predicted octanol–water partition coefficient (Wildman–Crippen LogP) is 6.10. The summed E-state index contributed by atoms with van der Waals surface area (Å²) < 4.78 is 35.5. The largest absolute Gasteiger partial charge is 0.459 e. The highest BCUT2D eigenvalue weighted by atomic mass is 16.7. The van der Waals surface area contributed by atoms with Crippen LogP contribution in [0.2, 0.25) is 0 Å². The highest BCUT2D eigenvalue weighted by molar-refractivity contribution is 5.92. The second-order valence-electron chi connectivity index (χ2n) is 11.5. The molecule has 262 valence electrons. The van der Waals surface area contributed by atoms with Gasteiger partial charge in [0.2, 0.25) is 12.4 Å². The molecule has 1 aliphatic rings. The van der Waals surface area contributed by atoms with Gasteiger partial charge in [-0.1, -0.05) is 91.0 Å².